The molecule has 0 aliphatic carbocycles. The molecule has 2 saturated heterocycles. The number of hydrogen-bond donors (Lipinski definition) is 4. The largest absolute Gasteiger partial charge is 0.379 e. The third-order valence-corrected chi connectivity index (χ3v) is 9.45. The van der Waals surface area contributed by atoms with Crippen LogP contribution < -0.4 is 22.5 Å². The van der Waals surface area contributed by atoms with Crippen molar-refractivity contribution in [1.82, 2.24) is 29.7 Å². The molecule has 3 aromatic rings. The fraction of sp³-hybridized carbons (Fsp3) is 0.649. The molecule has 11 nitrogen and oxygen atoms in total. The van der Waals surface area contributed by atoms with Crippen molar-refractivity contribution in [2.45, 2.75) is 79.2 Å². The van der Waals surface area contributed by atoms with Gasteiger partial charge in [0.1, 0.15) is 5.65 Å². The van der Waals surface area contributed by atoms with Gasteiger partial charge in [-0.1, -0.05) is 53.7 Å². The molecule has 1 unspecified atom stereocenters. The maximum Gasteiger partial charge on any atom is 0.354 e. The number of rotatable bonds is 11. The fourth-order valence-corrected chi connectivity index (χ4v) is 6.31. The lowest BCUT2D eigenvalue weighted by Crippen LogP contribution is -2.42. The summed E-state index contributed by atoms with van der Waals surface area (Å²) in [5.41, 5.74) is 14.3. The van der Waals surface area contributed by atoms with Crippen molar-refractivity contribution in [3.63, 3.8) is 0 Å². The molecule has 48 heavy (non-hydrogen) atoms. The van der Waals surface area contributed by atoms with Crippen LogP contribution in [0.1, 0.15) is 78.5 Å². The predicted octanol–water partition coefficient (Wildman–Crippen LogP) is 4.23. The van der Waals surface area contributed by atoms with Gasteiger partial charge in [0.05, 0.1) is 18.9 Å². The molecule has 5 rings (SSSR count). The van der Waals surface area contributed by atoms with Crippen molar-refractivity contribution >= 4 is 17.0 Å². The van der Waals surface area contributed by atoms with Gasteiger partial charge in [-0.2, -0.15) is 4.98 Å². The third kappa shape index (κ3) is 11.7. The number of morpholine rings is 1. The van der Waals surface area contributed by atoms with Crippen LogP contribution in [-0.4, -0.2) is 95.9 Å². The molecular formula is C37H61N9O2. The summed E-state index contributed by atoms with van der Waals surface area (Å²) in [5.74, 6) is 1.00. The van der Waals surface area contributed by atoms with Crippen molar-refractivity contribution in [2.75, 3.05) is 65.6 Å². The second kappa shape index (κ2) is 17.4. The van der Waals surface area contributed by atoms with Crippen molar-refractivity contribution in [3.05, 3.63) is 58.3 Å². The molecule has 0 spiro atoms. The normalized spacial score (nSPS) is 18.0. The van der Waals surface area contributed by atoms with Crippen molar-refractivity contribution in [2.24, 2.45) is 27.8 Å². The van der Waals surface area contributed by atoms with Crippen LogP contribution in [0.25, 0.3) is 16.7 Å². The van der Waals surface area contributed by atoms with Gasteiger partial charge in [-0.3, -0.25) is 14.5 Å². The summed E-state index contributed by atoms with van der Waals surface area (Å²) in [6.07, 6.45) is 6.83. The Bertz CT molecular complexity index is 1490. The highest BCUT2D eigenvalue weighted by Crippen LogP contribution is 2.33. The van der Waals surface area contributed by atoms with Gasteiger partial charge in [0.2, 0.25) is 0 Å². The molecule has 4 heterocycles. The molecule has 2 aliphatic heterocycles. The minimum Gasteiger partial charge on any atom is -0.379 e. The average molecular weight is 664 g/mol. The first-order chi connectivity index (χ1) is 22.8. The molecule has 0 saturated carbocycles. The Morgan fingerprint density at radius 2 is 1.73 bits per heavy atom. The van der Waals surface area contributed by atoms with Gasteiger partial charge in [0.15, 0.2) is 5.96 Å². The molecule has 1 atom stereocenters. The highest BCUT2D eigenvalue weighted by Gasteiger charge is 2.29. The monoisotopic (exact) mass is 663 g/mol. The average Bonchev–Trinajstić information content (AvgIpc) is 3.47. The van der Waals surface area contributed by atoms with Gasteiger partial charge in [0.25, 0.3) is 0 Å². The van der Waals surface area contributed by atoms with E-state index in [1.807, 2.05) is 30.5 Å². The number of aliphatic imine (C=N–C) groups is 1. The molecule has 266 valence electrons. The Kier molecular flexibility index (Phi) is 13.6. The summed E-state index contributed by atoms with van der Waals surface area (Å²) in [4.78, 5) is 29.1. The molecule has 2 aromatic heterocycles. The van der Waals surface area contributed by atoms with Crippen LogP contribution in [-0.2, 0) is 16.7 Å². The smallest absolute Gasteiger partial charge is 0.354 e. The summed E-state index contributed by atoms with van der Waals surface area (Å²) in [6.45, 7) is 25.0. The van der Waals surface area contributed by atoms with E-state index in [1.165, 1.54) is 45.4 Å². The van der Waals surface area contributed by atoms with E-state index in [0.717, 1.165) is 74.1 Å². The zero-order chi connectivity index (χ0) is 34.7. The number of aromatic nitrogens is 3. The van der Waals surface area contributed by atoms with E-state index >= 15 is 0 Å². The SMILES string of the molecule is CC(C)(C)C1CCCN(CCCN2CCOCC2)C1.CC(C)(C)c1cc2cn(-c3ccc(CNCCCN=C(N)N)cc3)c(=O)nc2[nH]1. The lowest BCUT2D eigenvalue weighted by molar-refractivity contribution is 0.0341. The lowest BCUT2D eigenvalue weighted by Gasteiger charge is -2.40. The first kappa shape index (κ1) is 37.6. The van der Waals surface area contributed by atoms with E-state index in [-0.39, 0.29) is 17.1 Å². The zero-order valence-corrected chi connectivity index (χ0v) is 30.4. The molecule has 6 N–H and O–H groups in total. The minimum absolute atomic E-state index is 0.0352. The highest BCUT2D eigenvalue weighted by molar-refractivity contribution is 5.76. The Balaban J connectivity index is 0.000000237. The maximum absolute atomic E-state index is 12.5. The Morgan fingerprint density at radius 1 is 1.02 bits per heavy atom. The second-order valence-electron chi connectivity index (χ2n) is 15.4. The van der Waals surface area contributed by atoms with Crippen molar-refractivity contribution in [1.29, 1.82) is 0 Å². The lowest BCUT2D eigenvalue weighted by atomic mass is 9.76. The maximum atomic E-state index is 12.5. The number of nitrogens with one attached hydrogen (secondary N) is 2. The van der Waals surface area contributed by atoms with E-state index in [1.54, 1.807) is 4.57 Å². The molecule has 0 bridgehead atoms. The summed E-state index contributed by atoms with van der Waals surface area (Å²) in [6, 6.07) is 9.93. The highest BCUT2D eigenvalue weighted by atomic mass is 16.5. The number of aromatic amines is 1. The first-order valence-electron chi connectivity index (χ1n) is 17.8. The number of nitrogens with two attached hydrogens (primary N) is 2. The molecule has 2 fully saturated rings. The standard InChI is InChI=1S/C21H29N7O.C16H32N2O/c1-21(2,3)17-11-15-13-28(20(29)27-18(15)26-17)16-7-5-14(6-8-16)12-24-9-4-10-25-19(22)23;1-16(2,3)15-6-4-7-18(14-15)9-5-8-17-10-12-19-13-11-17/h5-8,11,13,24H,4,9-10,12H2,1-3H3,(H4,22,23,25)(H,26,27,29);15H,4-14H2,1-3H3. The van der Waals surface area contributed by atoms with Gasteiger partial charge in [0, 0.05) is 55.4 Å². The van der Waals surface area contributed by atoms with Crippen LogP contribution in [0.2, 0.25) is 0 Å². The number of piperidine rings is 1. The number of fused-ring (bicyclic) bond motifs is 1. The van der Waals surface area contributed by atoms with Gasteiger partial charge >= 0.3 is 5.69 Å². The Hall–Kier alpha value is -3.25. The van der Waals surface area contributed by atoms with Crippen LogP contribution >= 0.6 is 0 Å². The number of likely N-dealkylation sites (tertiary alicyclic amines) is 1. The van der Waals surface area contributed by atoms with Crippen LogP contribution in [0, 0.1) is 11.3 Å². The van der Waals surface area contributed by atoms with Crippen LogP contribution in [0.5, 0.6) is 0 Å². The summed E-state index contributed by atoms with van der Waals surface area (Å²) < 4.78 is 6.97. The molecule has 0 radical (unpaired) electrons. The summed E-state index contributed by atoms with van der Waals surface area (Å²) >= 11 is 0. The van der Waals surface area contributed by atoms with E-state index in [2.05, 4.69) is 77.7 Å². The van der Waals surface area contributed by atoms with Gasteiger partial charge in [-0.25, -0.2) is 4.79 Å². The zero-order valence-electron chi connectivity index (χ0n) is 30.4. The van der Waals surface area contributed by atoms with Crippen LogP contribution in [0.3, 0.4) is 0 Å². The number of ether oxygens (including phenoxy) is 1. The van der Waals surface area contributed by atoms with Crippen LogP contribution in [0.4, 0.5) is 0 Å². The molecular weight excluding hydrogens is 602 g/mol. The minimum atomic E-state index is -0.301. The van der Waals surface area contributed by atoms with E-state index in [0.29, 0.717) is 17.6 Å². The van der Waals surface area contributed by atoms with Crippen molar-refractivity contribution < 1.29 is 4.74 Å². The number of nitrogens with zero attached hydrogens (tertiary/aromatic N) is 5. The predicted molar refractivity (Wildman–Crippen MR) is 198 cm³/mol. The van der Waals surface area contributed by atoms with Gasteiger partial charge < -0.3 is 31.4 Å². The first-order valence-corrected chi connectivity index (χ1v) is 17.8. The summed E-state index contributed by atoms with van der Waals surface area (Å²) in [7, 11) is 0. The van der Waals surface area contributed by atoms with Crippen molar-refractivity contribution in [3.8, 4) is 5.69 Å². The Labute approximate surface area is 287 Å². The van der Waals surface area contributed by atoms with E-state index in [9.17, 15) is 4.79 Å². The third-order valence-electron chi connectivity index (χ3n) is 9.45. The quantitative estimate of drug-likeness (QED) is 0.136. The van der Waals surface area contributed by atoms with Gasteiger partial charge in [-0.15, -0.1) is 0 Å². The van der Waals surface area contributed by atoms with Gasteiger partial charge in [-0.05, 0) is 87.0 Å². The number of guanidine groups is 1. The number of hydrogen-bond acceptors (Lipinski definition) is 7. The molecule has 0 amide bonds. The molecule has 11 heteroatoms. The van der Waals surface area contributed by atoms with E-state index < -0.39 is 0 Å². The van der Waals surface area contributed by atoms with E-state index in [4.69, 9.17) is 16.2 Å². The van der Waals surface area contributed by atoms with Crippen LogP contribution in [0.15, 0.2) is 46.3 Å². The summed E-state index contributed by atoms with van der Waals surface area (Å²) in [5, 5.41) is 4.27. The Morgan fingerprint density at radius 3 is 2.40 bits per heavy atom. The number of H-pyrrole nitrogens is 1. The topological polar surface area (TPSA) is 143 Å². The number of benzene rings is 1. The molecule has 1 aromatic carbocycles. The fourth-order valence-electron chi connectivity index (χ4n) is 6.31. The second-order valence-corrected chi connectivity index (χ2v) is 15.4. The molecule has 2 aliphatic rings.